The van der Waals surface area contributed by atoms with Crippen molar-refractivity contribution in [2.45, 2.75) is 18.6 Å². The van der Waals surface area contributed by atoms with Crippen molar-refractivity contribution >= 4 is 17.6 Å². The van der Waals surface area contributed by atoms with E-state index in [0.29, 0.717) is 0 Å². The summed E-state index contributed by atoms with van der Waals surface area (Å²) in [4.78, 5) is 22.5. The molecule has 4 N–H and O–H groups in total. The summed E-state index contributed by atoms with van der Waals surface area (Å²) in [7, 11) is 0. The number of benzene rings is 1. The molecule has 0 heterocycles. The van der Waals surface area contributed by atoms with Gasteiger partial charge in [0, 0.05) is 5.69 Å². The van der Waals surface area contributed by atoms with Crippen molar-refractivity contribution < 1.29 is 38.3 Å². The smallest absolute Gasteiger partial charge is 0.416 e. The minimum Gasteiger partial charge on any atom is -0.544 e. The van der Waals surface area contributed by atoms with Gasteiger partial charge in [-0.2, -0.15) is 13.2 Å². The number of aliphatic hydroxyl groups is 1. The van der Waals surface area contributed by atoms with Crippen LogP contribution in [0.15, 0.2) is 24.3 Å². The van der Waals surface area contributed by atoms with Gasteiger partial charge in [-0.25, -0.2) is 0 Å². The fourth-order valence-electron chi connectivity index (χ4n) is 1.72. The number of anilines is 1. The molecular weight excluding hydrogens is 305 g/mol. The number of hydrogen-bond donors (Lipinski definition) is 3. The molecule has 1 rings (SSSR count). The van der Waals surface area contributed by atoms with E-state index in [4.69, 9.17) is 5.11 Å². The Morgan fingerprint density at radius 3 is 2.59 bits per heavy atom. The molecule has 0 bridgehead atoms. The van der Waals surface area contributed by atoms with Gasteiger partial charge in [-0.1, -0.05) is 6.07 Å². The molecule has 0 radical (unpaired) electrons. The van der Waals surface area contributed by atoms with Gasteiger partial charge >= 0.3 is 6.18 Å². The number of quaternary nitrogens is 1. The molecule has 0 aliphatic rings. The summed E-state index contributed by atoms with van der Waals surface area (Å²) in [6, 6.07) is 2.78. The average molecular weight is 320 g/mol. The van der Waals surface area contributed by atoms with Crippen LogP contribution in [-0.4, -0.2) is 36.2 Å². The maximum absolute atomic E-state index is 12.5. The van der Waals surface area contributed by atoms with Crippen LogP contribution in [0.25, 0.3) is 0 Å². The van der Waals surface area contributed by atoms with Crippen molar-refractivity contribution in [1.29, 1.82) is 0 Å². The molecule has 0 fully saturated rings. The summed E-state index contributed by atoms with van der Waals surface area (Å²) in [5, 5.41) is 22.9. The zero-order valence-electron chi connectivity index (χ0n) is 11.4. The minimum atomic E-state index is -4.54. The van der Waals surface area contributed by atoms with Gasteiger partial charge in [0.2, 0.25) is 5.91 Å². The standard InChI is InChI=1S/C13H15F3N2O4/c14-13(15,16)8-2-1-3-9(6-8)18-11(20)7-10(12(21)22)17-4-5-19/h1-3,6,10,17,19H,4-5,7H2,(H,18,20)(H,21,22)/t10-/m1/s1. The van der Waals surface area contributed by atoms with Crippen molar-refractivity contribution in [3.8, 4) is 0 Å². The average Bonchev–Trinajstić information content (AvgIpc) is 2.42. The number of aliphatic carboxylic acids is 1. The lowest BCUT2D eigenvalue weighted by molar-refractivity contribution is -0.683. The van der Waals surface area contributed by atoms with Gasteiger partial charge in [0.15, 0.2) is 0 Å². The molecule has 9 heteroatoms. The predicted octanol–water partition coefficient (Wildman–Crippen LogP) is -1.29. The van der Waals surface area contributed by atoms with Crippen molar-refractivity contribution in [3.05, 3.63) is 29.8 Å². The van der Waals surface area contributed by atoms with Crippen molar-refractivity contribution in [3.63, 3.8) is 0 Å². The van der Waals surface area contributed by atoms with Crippen molar-refractivity contribution in [2.24, 2.45) is 0 Å². The Balaban J connectivity index is 2.70. The van der Waals surface area contributed by atoms with Gasteiger partial charge in [0.05, 0.1) is 31.1 Å². The van der Waals surface area contributed by atoms with E-state index in [9.17, 15) is 27.9 Å². The first-order chi connectivity index (χ1) is 10.2. The second-order valence-corrected chi connectivity index (χ2v) is 4.50. The lowest BCUT2D eigenvalue weighted by Crippen LogP contribution is -2.94. The van der Waals surface area contributed by atoms with Crippen LogP contribution in [0.5, 0.6) is 0 Å². The number of carboxylic acids is 1. The molecule has 1 amide bonds. The maximum atomic E-state index is 12.5. The van der Waals surface area contributed by atoms with Crippen LogP contribution in [0, 0.1) is 0 Å². The molecular formula is C13H15F3N2O4. The Bertz CT molecular complexity index is 534. The summed E-state index contributed by atoms with van der Waals surface area (Å²) in [6.45, 7) is -0.214. The number of carbonyl (C=O) groups excluding carboxylic acids is 2. The first-order valence-electron chi connectivity index (χ1n) is 6.36. The van der Waals surface area contributed by atoms with Crippen LogP contribution < -0.4 is 15.7 Å². The lowest BCUT2D eigenvalue weighted by Gasteiger charge is -2.16. The van der Waals surface area contributed by atoms with E-state index in [1.807, 2.05) is 0 Å². The van der Waals surface area contributed by atoms with Gasteiger partial charge in [-0.15, -0.1) is 0 Å². The third kappa shape index (κ3) is 5.70. The monoisotopic (exact) mass is 320 g/mol. The number of aliphatic hydroxyl groups excluding tert-OH is 1. The van der Waals surface area contributed by atoms with E-state index in [2.05, 4.69) is 5.32 Å². The first-order valence-corrected chi connectivity index (χ1v) is 6.36. The maximum Gasteiger partial charge on any atom is 0.416 e. The second-order valence-electron chi connectivity index (χ2n) is 4.50. The van der Waals surface area contributed by atoms with E-state index in [-0.39, 0.29) is 18.8 Å². The van der Waals surface area contributed by atoms with E-state index in [0.717, 1.165) is 18.2 Å². The Hall–Kier alpha value is -2.13. The Morgan fingerprint density at radius 1 is 1.36 bits per heavy atom. The van der Waals surface area contributed by atoms with E-state index < -0.39 is 36.1 Å². The second kappa shape index (κ2) is 7.76. The van der Waals surface area contributed by atoms with E-state index in [1.54, 1.807) is 0 Å². The Morgan fingerprint density at radius 2 is 2.05 bits per heavy atom. The Kier molecular flexibility index (Phi) is 6.32. The quantitative estimate of drug-likeness (QED) is 0.581. The summed E-state index contributed by atoms with van der Waals surface area (Å²) in [5.74, 6) is -2.25. The summed E-state index contributed by atoms with van der Waals surface area (Å²) in [6.07, 6.45) is -5.03. The Labute approximate surface area is 123 Å². The fourth-order valence-corrected chi connectivity index (χ4v) is 1.72. The highest BCUT2D eigenvalue weighted by Crippen LogP contribution is 2.30. The number of halogens is 3. The highest BCUT2D eigenvalue weighted by atomic mass is 19.4. The lowest BCUT2D eigenvalue weighted by atomic mass is 10.1. The number of nitrogens with two attached hydrogens (primary N) is 1. The normalized spacial score (nSPS) is 12.7. The molecule has 22 heavy (non-hydrogen) atoms. The summed E-state index contributed by atoms with van der Waals surface area (Å²) < 4.78 is 37.6. The molecule has 0 spiro atoms. The van der Waals surface area contributed by atoms with Crippen LogP contribution in [0.3, 0.4) is 0 Å². The number of rotatable bonds is 7. The minimum absolute atomic E-state index is 0.0650. The fraction of sp³-hybridized carbons (Fsp3) is 0.385. The van der Waals surface area contributed by atoms with Crippen LogP contribution >= 0.6 is 0 Å². The van der Waals surface area contributed by atoms with Gasteiger partial charge < -0.3 is 25.6 Å². The molecule has 0 aromatic heterocycles. The zero-order chi connectivity index (χ0) is 16.8. The largest absolute Gasteiger partial charge is 0.544 e. The van der Waals surface area contributed by atoms with E-state index in [1.165, 1.54) is 11.4 Å². The number of carboxylic acid groups (broad SMARTS) is 1. The summed E-state index contributed by atoms with van der Waals surface area (Å²) >= 11 is 0. The highest BCUT2D eigenvalue weighted by Gasteiger charge is 2.30. The molecule has 0 saturated carbocycles. The number of hydrogen-bond acceptors (Lipinski definition) is 4. The van der Waals surface area contributed by atoms with Crippen LogP contribution in [0.1, 0.15) is 12.0 Å². The van der Waals surface area contributed by atoms with Crippen molar-refractivity contribution in [1.82, 2.24) is 0 Å². The molecule has 0 aliphatic carbocycles. The molecule has 6 nitrogen and oxygen atoms in total. The van der Waals surface area contributed by atoms with Gasteiger partial charge in [-0.3, -0.25) is 4.79 Å². The van der Waals surface area contributed by atoms with Crippen LogP contribution in [0.2, 0.25) is 0 Å². The highest BCUT2D eigenvalue weighted by molar-refractivity contribution is 5.93. The number of amides is 1. The third-order valence-corrected chi connectivity index (χ3v) is 2.76. The summed E-state index contributed by atoms with van der Waals surface area (Å²) in [5.41, 5.74) is -1.01. The molecule has 0 saturated heterocycles. The van der Waals surface area contributed by atoms with E-state index >= 15 is 0 Å². The zero-order valence-corrected chi connectivity index (χ0v) is 11.4. The van der Waals surface area contributed by atoms with Crippen LogP contribution in [-0.2, 0) is 15.8 Å². The predicted molar refractivity (Wildman–Crippen MR) is 67.4 cm³/mol. The molecule has 1 atom stereocenters. The van der Waals surface area contributed by atoms with Crippen molar-refractivity contribution in [2.75, 3.05) is 18.5 Å². The third-order valence-electron chi connectivity index (χ3n) is 2.76. The molecule has 122 valence electrons. The number of nitrogens with one attached hydrogen (secondary N) is 1. The number of alkyl halides is 3. The molecule has 0 aliphatic heterocycles. The first kappa shape index (κ1) is 17.9. The van der Waals surface area contributed by atoms with Gasteiger partial charge in [0.1, 0.15) is 6.04 Å². The molecule has 1 aromatic carbocycles. The molecule has 0 unspecified atom stereocenters. The van der Waals surface area contributed by atoms with Gasteiger partial charge in [-0.05, 0) is 18.2 Å². The SMILES string of the molecule is O=C(C[C@@H]([NH2+]CCO)C(=O)[O-])Nc1cccc(C(F)(F)F)c1. The topological polar surface area (TPSA) is 106 Å². The van der Waals surface area contributed by atoms with Crippen LogP contribution in [0.4, 0.5) is 18.9 Å². The number of carbonyl (C=O) groups is 2. The van der Waals surface area contributed by atoms with Gasteiger partial charge in [0.25, 0.3) is 0 Å². The molecule has 1 aromatic rings.